The number of nitrogens with zero attached hydrogens (tertiary/aromatic N) is 5. The van der Waals surface area contributed by atoms with Crippen LogP contribution in [0.2, 0.25) is 0 Å². The normalized spacial score (nSPS) is 21.4. The number of piperidine rings is 1. The molecule has 1 saturated heterocycles. The van der Waals surface area contributed by atoms with Crippen molar-refractivity contribution in [2.45, 2.75) is 51.7 Å². The number of allylic oxidation sites excluding steroid dienone is 1. The van der Waals surface area contributed by atoms with E-state index in [9.17, 15) is 9.59 Å². The maximum absolute atomic E-state index is 12.7. The fourth-order valence-electron chi connectivity index (χ4n) is 3.75. The SMILES string of the molecule is C=CCn1c(N2C(C)CCCC2C)nc2c1c(=O)n(C)c(=O)n2C. The molecule has 2 aromatic rings. The molecule has 24 heavy (non-hydrogen) atoms. The molecule has 7 nitrogen and oxygen atoms in total. The van der Waals surface area contributed by atoms with Gasteiger partial charge in [0.05, 0.1) is 0 Å². The molecule has 0 aliphatic carbocycles. The summed E-state index contributed by atoms with van der Waals surface area (Å²) in [6.07, 6.45) is 5.15. The van der Waals surface area contributed by atoms with E-state index in [1.54, 1.807) is 13.1 Å². The van der Waals surface area contributed by atoms with E-state index in [4.69, 9.17) is 4.98 Å². The van der Waals surface area contributed by atoms with Gasteiger partial charge in [-0.1, -0.05) is 6.08 Å². The minimum absolute atomic E-state index is 0.314. The van der Waals surface area contributed by atoms with E-state index >= 15 is 0 Å². The second-order valence-electron chi connectivity index (χ2n) is 6.73. The maximum atomic E-state index is 12.7. The number of fused-ring (bicyclic) bond motifs is 1. The Morgan fingerprint density at radius 1 is 1.17 bits per heavy atom. The van der Waals surface area contributed by atoms with E-state index in [2.05, 4.69) is 25.3 Å². The Hall–Kier alpha value is -2.31. The summed E-state index contributed by atoms with van der Waals surface area (Å²) in [5.41, 5.74) is 0.220. The number of rotatable bonds is 3. The molecule has 2 unspecified atom stereocenters. The van der Waals surface area contributed by atoms with Crippen LogP contribution in [-0.4, -0.2) is 30.8 Å². The molecule has 1 fully saturated rings. The molecule has 0 amide bonds. The predicted octanol–water partition coefficient (Wildman–Crippen LogP) is 1.39. The van der Waals surface area contributed by atoms with Gasteiger partial charge in [0.25, 0.3) is 5.56 Å². The Bertz CT molecular complexity index is 894. The van der Waals surface area contributed by atoms with Gasteiger partial charge in [0.1, 0.15) is 0 Å². The largest absolute Gasteiger partial charge is 0.337 e. The van der Waals surface area contributed by atoms with Crippen LogP contribution in [-0.2, 0) is 20.6 Å². The fourth-order valence-corrected chi connectivity index (χ4v) is 3.75. The quantitative estimate of drug-likeness (QED) is 0.797. The van der Waals surface area contributed by atoms with Crippen molar-refractivity contribution in [3.63, 3.8) is 0 Å². The summed E-state index contributed by atoms with van der Waals surface area (Å²) >= 11 is 0. The van der Waals surface area contributed by atoms with Gasteiger partial charge in [-0.25, -0.2) is 4.79 Å². The summed E-state index contributed by atoms with van der Waals surface area (Å²) in [6.45, 7) is 8.67. The zero-order valence-corrected chi connectivity index (χ0v) is 14.8. The molecule has 1 aliphatic heterocycles. The molecule has 0 radical (unpaired) electrons. The number of imidazole rings is 1. The van der Waals surface area contributed by atoms with Gasteiger partial charge in [0.15, 0.2) is 11.2 Å². The van der Waals surface area contributed by atoms with Gasteiger partial charge in [-0.3, -0.25) is 13.9 Å². The molecule has 1 aliphatic rings. The fraction of sp³-hybridized carbons (Fsp3) is 0.588. The summed E-state index contributed by atoms with van der Waals surface area (Å²) in [6, 6.07) is 0.685. The van der Waals surface area contributed by atoms with Crippen molar-refractivity contribution in [1.29, 1.82) is 0 Å². The third kappa shape index (κ3) is 2.30. The smallest absolute Gasteiger partial charge is 0.332 e. The summed E-state index contributed by atoms with van der Waals surface area (Å²) in [4.78, 5) is 31.9. The predicted molar refractivity (Wildman–Crippen MR) is 95.7 cm³/mol. The molecule has 2 aromatic heterocycles. The molecule has 3 heterocycles. The Morgan fingerprint density at radius 2 is 1.79 bits per heavy atom. The standard InChI is InChI=1S/C17H25N5O2/c1-6-10-21-13-14(19(4)17(24)20(5)15(13)23)18-16(21)22-11(2)8-7-9-12(22)3/h6,11-12H,1,7-10H2,2-5H3. The first-order valence-corrected chi connectivity index (χ1v) is 8.44. The van der Waals surface area contributed by atoms with E-state index in [0.717, 1.165) is 23.4 Å². The molecule has 0 saturated carbocycles. The van der Waals surface area contributed by atoms with Gasteiger partial charge in [-0.05, 0) is 33.1 Å². The summed E-state index contributed by atoms with van der Waals surface area (Å²) in [5, 5.41) is 0. The lowest BCUT2D eigenvalue weighted by Crippen LogP contribution is -2.45. The van der Waals surface area contributed by atoms with Crippen LogP contribution in [0.15, 0.2) is 22.2 Å². The minimum atomic E-state index is -0.359. The lowest BCUT2D eigenvalue weighted by Gasteiger charge is -2.39. The van der Waals surface area contributed by atoms with Gasteiger partial charge < -0.3 is 9.47 Å². The van der Waals surface area contributed by atoms with Gasteiger partial charge in [-0.2, -0.15) is 4.98 Å². The Labute approximate surface area is 140 Å². The van der Waals surface area contributed by atoms with Gasteiger partial charge in [0.2, 0.25) is 5.95 Å². The third-order valence-corrected chi connectivity index (χ3v) is 5.06. The van der Waals surface area contributed by atoms with E-state index in [1.165, 1.54) is 18.0 Å². The zero-order valence-electron chi connectivity index (χ0n) is 14.8. The van der Waals surface area contributed by atoms with E-state index < -0.39 is 0 Å². The molecule has 2 atom stereocenters. The molecule has 0 spiro atoms. The van der Waals surface area contributed by atoms with Gasteiger partial charge >= 0.3 is 5.69 Å². The van der Waals surface area contributed by atoms with Crippen LogP contribution in [0.5, 0.6) is 0 Å². The highest BCUT2D eigenvalue weighted by atomic mass is 16.2. The number of aromatic nitrogens is 4. The summed E-state index contributed by atoms with van der Waals surface area (Å²) in [7, 11) is 3.16. The number of hydrogen-bond acceptors (Lipinski definition) is 4. The lowest BCUT2D eigenvalue weighted by atomic mass is 9.98. The van der Waals surface area contributed by atoms with E-state index in [1.807, 2.05) is 4.57 Å². The molecule has 7 heteroatoms. The molecule has 0 bridgehead atoms. The monoisotopic (exact) mass is 331 g/mol. The number of aryl methyl sites for hydroxylation is 1. The number of hydrogen-bond donors (Lipinski definition) is 0. The van der Waals surface area contributed by atoms with Crippen LogP contribution in [0.25, 0.3) is 11.2 Å². The Balaban J connectivity index is 2.36. The molecular formula is C17H25N5O2. The van der Waals surface area contributed by atoms with Crippen LogP contribution in [0.4, 0.5) is 5.95 Å². The highest BCUT2D eigenvalue weighted by Crippen LogP contribution is 2.30. The summed E-state index contributed by atoms with van der Waals surface area (Å²) in [5.74, 6) is 0.753. The van der Waals surface area contributed by atoms with Crippen molar-refractivity contribution in [2.24, 2.45) is 14.1 Å². The second kappa shape index (κ2) is 5.96. The highest BCUT2D eigenvalue weighted by Gasteiger charge is 2.30. The van der Waals surface area contributed by atoms with Crippen molar-refractivity contribution in [2.75, 3.05) is 4.90 Å². The van der Waals surface area contributed by atoms with Crippen molar-refractivity contribution in [1.82, 2.24) is 18.7 Å². The number of anilines is 1. The minimum Gasteiger partial charge on any atom is -0.337 e. The average Bonchev–Trinajstić information content (AvgIpc) is 2.91. The molecule has 130 valence electrons. The van der Waals surface area contributed by atoms with Crippen LogP contribution < -0.4 is 16.1 Å². The molecule has 0 N–H and O–H groups in total. The highest BCUT2D eigenvalue weighted by molar-refractivity contribution is 5.75. The van der Waals surface area contributed by atoms with Crippen molar-refractivity contribution in [3.8, 4) is 0 Å². The maximum Gasteiger partial charge on any atom is 0.332 e. The van der Waals surface area contributed by atoms with Gasteiger partial charge in [0, 0.05) is 32.7 Å². The first-order valence-electron chi connectivity index (χ1n) is 8.44. The molecule has 0 aromatic carbocycles. The first-order chi connectivity index (χ1) is 11.4. The van der Waals surface area contributed by atoms with E-state index in [0.29, 0.717) is 29.8 Å². The topological polar surface area (TPSA) is 65.1 Å². The third-order valence-electron chi connectivity index (χ3n) is 5.06. The Kier molecular flexibility index (Phi) is 4.11. The second-order valence-corrected chi connectivity index (χ2v) is 6.73. The molecule has 3 rings (SSSR count). The van der Waals surface area contributed by atoms with Crippen LogP contribution in [0.3, 0.4) is 0 Å². The summed E-state index contributed by atoms with van der Waals surface area (Å²) < 4.78 is 4.47. The van der Waals surface area contributed by atoms with Crippen molar-refractivity contribution >= 4 is 17.1 Å². The van der Waals surface area contributed by atoms with Crippen LogP contribution in [0.1, 0.15) is 33.1 Å². The van der Waals surface area contributed by atoms with Crippen molar-refractivity contribution in [3.05, 3.63) is 33.5 Å². The van der Waals surface area contributed by atoms with Gasteiger partial charge in [-0.15, -0.1) is 6.58 Å². The molecular weight excluding hydrogens is 306 g/mol. The first kappa shape index (κ1) is 16.5. The van der Waals surface area contributed by atoms with E-state index in [-0.39, 0.29) is 11.2 Å². The lowest BCUT2D eigenvalue weighted by molar-refractivity contribution is 0.404. The zero-order chi connectivity index (χ0) is 17.6. The van der Waals surface area contributed by atoms with Crippen LogP contribution >= 0.6 is 0 Å². The Morgan fingerprint density at radius 3 is 2.38 bits per heavy atom. The van der Waals surface area contributed by atoms with Crippen LogP contribution in [0, 0.1) is 0 Å². The van der Waals surface area contributed by atoms with Crippen molar-refractivity contribution < 1.29 is 0 Å². The average molecular weight is 331 g/mol.